The van der Waals surface area contributed by atoms with Crippen LogP contribution >= 0.6 is 35.1 Å². The average Bonchev–Trinajstić information content (AvgIpc) is 3.20. The maximum atomic E-state index is 12.0. The van der Waals surface area contributed by atoms with Gasteiger partial charge in [0.15, 0.2) is 0 Å². The summed E-state index contributed by atoms with van der Waals surface area (Å²) in [5.41, 5.74) is 1.04. The van der Waals surface area contributed by atoms with Crippen LogP contribution in [0.5, 0.6) is 5.75 Å². The van der Waals surface area contributed by atoms with Crippen molar-refractivity contribution in [2.24, 2.45) is 0 Å². The van der Waals surface area contributed by atoms with E-state index in [1.54, 1.807) is 18.4 Å². The second kappa shape index (κ2) is 8.77. The minimum absolute atomic E-state index is 0. The first-order valence-electron chi connectivity index (χ1n) is 7.01. The Bertz CT molecular complexity index is 790. The number of methoxy groups -OCH3 is 1. The third kappa shape index (κ3) is 4.77. The van der Waals surface area contributed by atoms with Crippen molar-refractivity contribution in [2.45, 2.75) is 12.8 Å². The molecule has 1 amide bonds. The number of para-hydroxylation sites is 1. The van der Waals surface area contributed by atoms with Crippen molar-refractivity contribution in [1.82, 2.24) is 10.2 Å². The first kappa shape index (κ1) is 18.4. The number of carbonyl (C=O) groups is 1. The van der Waals surface area contributed by atoms with Gasteiger partial charge in [0.2, 0.25) is 11.0 Å². The predicted molar refractivity (Wildman–Crippen MR) is 99.6 cm³/mol. The number of aromatic nitrogens is 2. The number of amides is 1. The summed E-state index contributed by atoms with van der Waals surface area (Å²) >= 11 is 2.95. The lowest BCUT2D eigenvalue weighted by Crippen LogP contribution is -2.13. The smallest absolute Gasteiger partial charge is 0.231 e. The van der Waals surface area contributed by atoms with Crippen LogP contribution in [0.15, 0.2) is 41.8 Å². The van der Waals surface area contributed by atoms with E-state index in [2.05, 4.69) is 15.5 Å². The van der Waals surface area contributed by atoms with E-state index in [-0.39, 0.29) is 18.3 Å². The number of ether oxygens (including phenoxy) is 1. The summed E-state index contributed by atoms with van der Waals surface area (Å²) in [5.74, 6) is 0.749. The SMILES string of the molecule is COc1ccccc1Cc1nnc(NC(=O)Cc2cccs2)s1.Cl. The summed E-state index contributed by atoms with van der Waals surface area (Å²) in [5, 5.41) is 14.3. The molecule has 3 rings (SSSR count). The molecular formula is C16H16ClN3O2S2. The van der Waals surface area contributed by atoms with E-state index in [0.29, 0.717) is 18.0 Å². The zero-order valence-electron chi connectivity index (χ0n) is 12.9. The minimum atomic E-state index is -0.0764. The van der Waals surface area contributed by atoms with E-state index in [1.807, 2.05) is 41.8 Å². The van der Waals surface area contributed by atoms with Gasteiger partial charge < -0.3 is 10.1 Å². The van der Waals surface area contributed by atoms with E-state index < -0.39 is 0 Å². The average molecular weight is 382 g/mol. The van der Waals surface area contributed by atoms with Crippen molar-refractivity contribution in [1.29, 1.82) is 0 Å². The van der Waals surface area contributed by atoms with E-state index in [4.69, 9.17) is 4.74 Å². The maximum absolute atomic E-state index is 12.0. The van der Waals surface area contributed by atoms with Crippen molar-refractivity contribution in [3.05, 3.63) is 57.2 Å². The van der Waals surface area contributed by atoms with Gasteiger partial charge in [-0.3, -0.25) is 4.79 Å². The molecule has 0 fully saturated rings. The quantitative estimate of drug-likeness (QED) is 0.705. The van der Waals surface area contributed by atoms with Gasteiger partial charge in [-0.1, -0.05) is 35.6 Å². The zero-order chi connectivity index (χ0) is 16.1. The lowest BCUT2D eigenvalue weighted by atomic mass is 10.1. The number of anilines is 1. The molecule has 0 bridgehead atoms. The Kier molecular flexibility index (Phi) is 6.72. The van der Waals surface area contributed by atoms with E-state index in [9.17, 15) is 4.79 Å². The van der Waals surface area contributed by atoms with Crippen molar-refractivity contribution in [3.8, 4) is 5.75 Å². The standard InChI is InChI=1S/C16H15N3O2S2.ClH/c1-21-13-7-3-2-5-11(13)9-15-18-19-16(23-15)17-14(20)10-12-6-4-8-22-12;/h2-8H,9-10H2,1H3,(H,17,19,20);1H. The van der Waals surface area contributed by atoms with Gasteiger partial charge in [0.25, 0.3) is 0 Å². The van der Waals surface area contributed by atoms with Crippen LogP contribution in [0.2, 0.25) is 0 Å². The summed E-state index contributed by atoms with van der Waals surface area (Å²) in [4.78, 5) is 13.0. The fourth-order valence-corrected chi connectivity index (χ4v) is 3.60. The number of rotatable bonds is 6. The molecule has 3 aromatic rings. The van der Waals surface area contributed by atoms with Crippen LogP contribution < -0.4 is 10.1 Å². The van der Waals surface area contributed by atoms with Crippen LogP contribution in [-0.2, 0) is 17.6 Å². The predicted octanol–water partition coefficient (Wildman–Crippen LogP) is 3.80. The third-order valence-corrected chi connectivity index (χ3v) is 4.88. The summed E-state index contributed by atoms with van der Waals surface area (Å²) < 4.78 is 5.34. The van der Waals surface area contributed by atoms with Gasteiger partial charge in [0.1, 0.15) is 10.8 Å². The lowest BCUT2D eigenvalue weighted by molar-refractivity contribution is -0.115. The molecular weight excluding hydrogens is 366 g/mol. The molecule has 0 aliphatic rings. The molecule has 0 radical (unpaired) electrons. The number of halogens is 1. The molecule has 2 aromatic heterocycles. The van der Waals surface area contributed by atoms with Crippen LogP contribution in [0.4, 0.5) is 5.13 Å². The summed E-state index contributed by atoms with van der Waals surface area (Å²) in [6, 6.07) is 11.7. The molecule has 5 nitrogen and oxygen atoms in total. The highest BCUT2D eigenvalue weighted by atomic mass is 35.5. The van der Waals surface area contributed by atoms with Crippen LogP contribution in [0, 0.1) is 0 Å². The zero-order valence-corrected chi connectivity index (χ0v) is 15.3. The molecule has 1 aromatic carbocycles. The summed E-state index contributed by atoms with van der Waals surface area (Å²) in [6.07, 6.45) is 0.988. The van der Waals surface area contributed by atoms with Gasteiger partial charge in [-0.05, 0) is 17.5 Å². The molecule has 8 heteroatoms. The van der Waals surface area contributed by atoms with Crippen LogP contribution in [0.1, 0.15) is 15.4 Å². The fraction of sp³-hybridized carbons (Fsp3) is 0.188. The van der Waals surface area contributed by atoms with Crippen molar-refractivity contribution in [3.63, 3.8) is 0 Å². The summed E-state index contributed by atoms with van der Waals surface area (Å²) in [7, 11) is 1.65. The molecule has 1 N–H and O–H groups in total. The Morgan fingerprint density at radius 1 is 1.21 bits per heavy atom. The number of carbonyl (C=O) groups excluding carboxylic acids is 1. The number of hydrogen-bond donors (Lipinski definition) is 1. The molecule has 0 spiro atoms. The third-order valence-electron chi connectivity index (χ3n) is 3.16. The Balaban J connectivity index is 0.00000208. The second-order valence-corrected chi connectivity index (χ2v) is 6.89. The van der Waals surface area contributed by atoms with Crippen molar-refractivity contribution < 1.29 is 9.53 Å². The lowest BCUT2D eigenvalue weighted by Gasteiger charge is -2.05. The van der Waals surface area contributed by atoms with E-state index in [0.717, 1.165) is 21.2 Å². The molecule has 0 aliphatic heterocycles. The molecule has 0 saturated carbocycles. The Morgan fingerprint density at radius 3 is 2.79 bits per heavy atom. The van der Waals surface area contributed by atoms with Gasteiger partial charge in [-0.25, -0.2) is 0 Å². The number of nitrogens with zero attached hydrogens (tertiary/aromatic N) is 2. The van der Waals surface area contributed by atoms with Gasteiger partial charge >= 0.3 is 0 Å². The molecule has 2 heterocycles. The minimum Gasteiger partial charge on any atom is -0.496 e. The molecule has 126 valence electrons. The van der Waals surface area contributed by atoms with E-state index >= 15 is 0 Å². The summed E-state index contributed by atoms with van der Waals surface area (Å²) in [6.45, 7) is 0. The highest BCUT2D eigenvalue weighted by molar-refractivity contribution is 7.15. The van der Waals surface area contributed by atoms with Gasteiger partial charge in [0.05, 0.1) is 13.5 Å². The van der Waals surface area contributed by atoms with E-state index in [1.165, 1.54) is 11.3 Å². The number of nitrogens with one attached hydrogen (secondary N) is 1. The highest BCUT2D eigenvalue weighted by Gasteiger charge is 2.11. The largest absolute Gasteiger partial charge is 0.496 e. The number of benzene rings is 1. The van der Waals surface area contributed by atoms with Crippen molar-refractivity contribution in [2.75, 3.05) is 12.4 Å². The monoisotopic (exact) mass is 381 g/mol. The molecule has 0 atom stereocenters. The Hall–Kier alpha value is -1.96. The van der Waals surface area contributed by atoms with Gasteiger partial charge in [-0.15, -0.1) is 33.9 Å². The topological polar surface area (TPSA) is 64.1 Å². The number of hydrogen-bond acceptors (Lipinski definition) is 6. The number of thiophene rings is 1. The molecule has 0 aliphatic carbocycles. The van der Waals surface area contributed by atoms with Crippen LogP contribution in [-0.4, -0.2) is 23.2 Å². The van der Waals surface area contributed by atoms with Crippen LogP contribution in [0.25, 0.3) is 0 Å². The molecule has 24 heavy (non-hydrogen) atoms. The molecule has 0 saturated heterocycles. The normalized spacial score (nSPS) is 10.0. The van der Waals surface area contributed by atoms with Gasteiger partial charge in [0, 0.05) is 16.9 Å². The fourth-order valence-electron chi connectivity index (χ4n) is 2.12. The second-order valence-electron chi connectivity index (χ2n) is 4.79. The Morgan fingerprint density at radius 2 is 2.04 bits per heavy atom. The Labute approximate surface area is 154 Å². The van der Waals surface area contributed by atoms with Crippen LogP contribution in [0.3, 0.4) is 0 Å². The molecule has 0 unspecified atom stereocenters. The van der Waals surface area contributed by atoms with Crippen molar-refractivity contribution >= 4 is 46.1 Å². The van der Waals surface area contributed by atoms with Gasteiger partial charge in [-0.2, -0.15) is 0 Å². The first-order valence-corrected chi connectivity index (χ1v) is 8.70. The first-order chi connectivity index (χ1) is 11.2. The maximum Gasteiger partial charge on any atom is 0.231 e. The highest BCUT2D eigenvalue weighted by Crippen LogP contribution is 2.24.